The van der Waals surface area contributed by atoms with Gasteiger partial charge in [0.25, 0.3) is 0 Å². The lowest BCUT2D eigenvalue weighted by Gasteiger charge is -2.08. The van der Waals surface area contributed by atoms with Crippen LogP contribution in [0.5, 0.6) is 0 Å². The van der Waals surface area contributed by atoms with Crippen LogP contribution in [-0.2, 0) is 9.74 Å². The van der Waals surface area contributed by atoms with E-state index in [4.69, 9.17) is 16.0 Å². The molecule has 2 aromatic carbocycles. The summed E-state index contributed by atoms with van der Waals surface area (Å²) in [4.78, 5) is 26.2. The van der Waals surface area contributed by atoms with E-state index in [2.05, 4.69) is 4.94 Å². The van der Waals surface area contributed by atoms with Gasteiger partial charge in [0.05, 0.1) is 5.02 Å². The van der Waals surface area contributed by atoms with Crippen molar-refractivity contribution in [2.24, 2.45) is 0 Å². The molecule has 0 fully saturated rings. The molecule has 0 aliphatic carbocycles. The van der Waals surface area contributed by atoms with Crippen molar-refractivity contribution in [2.75, 3.05) is 0 Å². The van der Waals surface area contributed by atoms with Gasteiger partial charge in [-0.15, -0.1) is 0 Å². The molecule has 0 saturated carbocycles. The molecule has 0 amide bonds. The molecule has 0 atom stereocenters. The first-order chi connectivity index (χ1) is 12.4. The first kappa shape index (κ1) is 17.8. The standard InChI is InChI=1S/C19H11ClF2O4/c1-10(19(24)26-22)6-11-2-4-14-15(9-18(23)25-17(14)7-11)13-5-3-12(21)8-16(13)20/h2-9H,1H3/b10-6+. The summed E-state index contributed by atoms with van der Waals surface area (Å²) in [7, 11) is 0. The maximum atomic E-state index is 13.3. The van der Waals surface area contributed by atoms with Crippen LogP contribution in [0.2, 0.25) is 5.02 Å². The van der Waals surface area contributed by atoms with Crippen LogP contribution in [0.3, 0.4) is 0 Å². The second-order valence-corrected chi connectivity index (χ2v) is 5.96. The molecule has 1 heterocycles. The number of halogens is 3. The van der Waals surface area contributed by atoms with Gasteiger partial charge in [0.2, 0.25) is 0 Å². The van der Waals surface area contributed by atoms with Gasteiger partial charge in [-0.05, 0) is 42.8 Å². The Morgan fingerprint density at radius 2 is 1.92 bits per heavy atom. The van der Waals surface area contributed by atoms with Gasteiger partial charge in [0, 0.05) is 32.7 Å². The average Bonchev–Trinajstić information content (AvgIpc) is 2.60. The van der Waals surface area contributed by atoms with Crippen molar-refractivity contribution >= 4 is 34.6 Å². The highest BCUT2D eigenvalue weighted by Crippen LogP contribution is 2.33. The van der Waals surface area contributed by atoms with E-state index in [1.54, 1.807) is 12.1 Å². The Kier molecular flexibility index (Phi) is 4.86. The van der Waals surface area contributed by atoms with E-state index in [0.29, 0.717) is 22.1 Å². The van der Waals surface area contributed by atoms with Crippen LogP contribution >= 0.6 is 11.6 Å². The molecule has 0 bridgehead atoms. The summed E-state index contributed by atoms with van der Waals surface area (Å²) < 4.78 is 30.5. The Morgan fingerprint density at radius 1 is 1.15 bits per heavy atom. The molecule has 1 aromatic heterocycles. The predicted octanol–water partition coefficient (Wildman–Crippen LogP) is 5.08. The minimum absolute atomic E-state index is 0.0342. The van der Waals surface area contributed by atoms with Gasteiger partial charge in [-0.25, -0.2) is 18.9 Å². The van der Waals surface area contributed by atoms with E-state index in [-0.39, 0.29) is 16.2 Å². The van der Waals surface area contributed by atoms with Gasteiger partial charge >= 0.3 is 11.6 Å². The van der Waals surface area contributed by atoms with Crippen molar-refractivity contribution < 1.29 is 23.1 Å². The van der Waals surface area contributed by atoms with Crippen LogP contribution < -0.4 is 5.63 Å². The van der Waals surface area contributed by atoms with Crippen LogP contribution in [0.4, 0.5) is 8.92 Å². The third kappa shape index (κ3) is 3.50. The van der Waals surface area contributed by atoms with Crippen LogP contribution in [0.15, 0.2) is 57.2 Å². The number of carbonyl (C=O) groups excluding carboxylic acids is 1. The number of rotatable bonds is 3. The number of benzene rings is 2. The molecule has 0 aliphatic heterocycles. The fraction of sp³-hybridized carbons (Fsp3) is 0.0526. The second-order valence-electron chi connectivity index (χ2n) is 5.55. The van der Waals surface area contributed by atoms with Crippen LogP contribution in [0.1, 0.15) is 12.5 Å². The van der Waals surface area contributed by atoms with E-state index >= 15 is 0 Å². The zero-order valence-corrected chi connectivity index (χ0v) is 14.1. The molecule has 0 spiro atoms. The summed E-state index contributed by atoms with van der Waals surface area (Å²) in [5, 5.41) is 0.725. The normalized spacial score (nSPS) is 11.6. The lowest BCUT2D eigenvalue weighted by molar-refractivity contribution is -0.178. The highest BCUT2D eigenvalue weighted by molar-refractivity contribution is 6.33. The number of hydrogen-bond acceptors (Lipinski definition) is 4. The van der Waals surface area contributed by atoms with Gasteiger partial charge in [-0.2, -0.15) is 0 Å². The first-order valence-electron chi connectivity index (χ1n) is 7.43. The minimum Gasteiger partial charge on any atom is -0.423 e. The smallest absolute Gasteiger partial charge is 0.375 e. The highest BCUT2D eigenvalue weighted by atomic mass is 35.5. The van der Waals surface area contributed by atoms with Crippen LogP contribution in [0.25, 0.3) is 28.2 Å². The molecule has 0 radical (unpaired) electrons. The maximum absolute atomic E-state index is 13.3. The molecular weight excluding hydrogens is 366 g/mol. The van der Waals surface area contributed by atoms with Gasteiger partial charge in [0.15, 0.2) is 0 Å². The third-order valence-electron chi connectivity index (χ3n) is 3.77. The van der Waals surface area contributed by atoms with Crippen LogP contribution in [0, 0.1) is 5.82 Å². The summed E-state index contributed by atoms with van der Waals surface area (Å²) in [5.41, 5.74) is 1.12. The molecule has 4 nitrogen and oxygen atoms in total. The molecule has 3 rings (SSSR count). The van der Waals surface area contributed by atoms with Gasteiger partial charge in [0.1, 0.15) is 11.4 Å². The summed E-state index contributed by atoms with van der Waals surface area (Å²) >= 11 is 6.10. The van der Waals surface area contributed by atoms with E-state index in [1.807, 2.05) is 0 Å². The topological polar surface area (TPSA) is 56.5 Å². The van der Waals surface area contributed by atoms with Gasteiger partial charge in [-0.1, -0.05) is 23.7 Å². The molecule has 0 unspecified atom stereocenters. The molecule has 132 valence electrons. The summed E-state index contributed by atoms with van der Waals surface area (Å²) in [6, 6.07) is 9.97. The predicted molar refractivity (Wildman–Crippen MR) is 93.7 cm³/mol. The molecule has 3 aromatic rings. The van der Waals surface area contributed by atoms with Crippen molar-refractivity contribution in [2.45, 2.75) is 6.92 Å². The van der Waals surface area contributed by atoms with Crippen molar-refractivity contribution in [3.63, 3.8) is 0 Å². The van der Waals surface area contributed by atoms with E-state index < -0.39 is 17.4 Å². The van der Waals surface area contributed by atoms with Gasteiger partial charge in [-0.3, -0.25) is 0 Å². The fourth-order valence-corrected chi connectivity index (χ4v) is 2.84. The van der Waals surface area contributed by atoms with Crippen molar-refractivity contribution in [1.29, 1.82) is 0 Å². The molecule has 0 aliphatic rings. The van der Waals surface area contributed by atoms with Crippen molar-refractivity contribution in [3.8, 4) is 11.1 Å². The second kappa shape index (κ2) is 7.09. The Morgan fingerprint density at radius 3 is 2.62 bits per heavy atom. The minimum atomic E-state index is -1.11. The van der Waals surface area contributed by atoms with E-state index in [9.17, 15) is 18.5 Å². The Hall–Kier alpha value is -2.99. The van der Waals surface area contributed by atoms with Gasteiger partial charge < -0.3 is 4.42 Å². The Bertz CT molecular complexity index is 1100. The third-order valence-corrected chi connectivity index (χ3v) is 4.08. The highest BCUT2D eigenvalue weighted by Gasteiger charge is 2.13. The fourth-order valence-electron chi connectivity index (χ4n) is 2.57. The lowest BCUT2D eigenvalue weighted by Crippen LogP contribution is -2.00. The summed E-state index contributed by atoms with van der Waals surface area (Å²) in [5.74, 6) is -1.60. The maximum Gasteiger partial charge on any atom is 0.375 e. The molecule has 7 heteroatoms. The van der Waals surface area contributed by atoms with E-state index in [1.165, 1.54) is 37.3 Å². The summed E-state index contributed by atoms with van der Waals surface area (Å²) in [6.45, 7) is 1.39. The number of carbonyl (C=O) groups is 1. The SMILES string of the molecule is C/C(=C\c1ccc2c(-c3ccc(F)cc3Cl)cc(=O)oc2c1)C(=O)OF. The van der Waals surface area contributed by atoms with Crippen LogP contribution in [-0.4, -0.2) is 5.97 Å². The number of hydrogen-bond donors (Lipinski definition) is 0. The Labute approximate surface area is 151 Å². The van der Waals surface area contributed by atoms with Crippen molar-refractivity contribution in [1.82, 2.24) is 0 Å². The zero-order valence-electron chi connectivity index (χ0n) is 13.4. The van der Waals surface area contributed by atoms with Crippen molar-refractivity contribution in [3.05, 3.63) is 74.9 Å². The summed E-state index contributed by atoms with van der Waals surface area (Å²) in [6.07, 6.45) is 1.39. The number of fused-ring (bicyclic) bond motifs is 1. The largest absolute Gasteiger partial charge is 0.423 e. The lowest BCUT2D eigenvalue weighted by atomic mass is 10.0. The Balaban J connectivity index is 2.18. The molecule has 0 N–H and O–H groups in total. The first-order valence-corrected chi connectivity index (χ1v) is 7.81. The molecule has 0 saturated heterocycles. The zero-order chi connectivity index (χ0) is 18.8. The quantitative estimate of drug-likeness (QED) is 0.472. The molecule has 26 heavy (non-hydrogen) atoms. The average molecular weight is 377 g/mol. The van der Waals surface area contributed by atoms with E-state index in [0.717, 1.165) is 6.07 Å². The molecular formula is C19H11ClF2O4. The monoisotopic (exact) mass is 376 g/mol.